The Bertz CT molecular complexity index is 4790. The molecule has 0 bridgehead atoms. The number of carbonyl (C=O) groups excluding carboxylic acids is 7. The zero-order valence-corrected chi connectivity index (χ0v) is 85.6. The second-order valence-electron chi connectivity index (χ2n) is 42.3. The maximum atomic E-state index is 14.3. The number of ketones is 2. The van der Waals surface area contributed by atoms with Gasteiger partial charge in [0.15, 0.2) is 34.7 Å². The van der Waals surface area contributed by atoms with E-state index in [4.69, 9.17) is 75.5 Å². The summed E-state index contributed by atoms with van der Waals surface area (Å²) in [6.45, 7) is 57.7. The normalized spacial score (nSPS) is 28.7. The number of carbonyl (C=O) groups is 7. The molecule has 7 aliphatic heterocycles. The summed E-state index contributed by atoms with van der Waals surface area (Å²) in [7, 11) is -5.12. The van der Waals surface area contributed by atoms with Crippen molar-refractivity contribution < 1.29 is 135 Å². The monoisotopic (exact) mass is 1900 g/mol. The summed E-state index contributed by atoms with van der Waals surface area (Å²) in [4.78, 5) is 97.6. The lowest BCUT2D eigenvalue weighted by molar-refractivity contribution is -0.152. The van der Waals surface area contributed by atoms with E-state index in [0.29, 0.717) is 52.5 Å². The van der Waals surface area contributed by atoms with Crippen molar-refractivity contribution in [1.82, 2.24) is 0 Å². The molecule has 0 radical (unpaired) electrons. The molecule has 16 atom stereocenters. The number of phenolic OH excluding ortho intramolecular Hbond substituents is 1. The molecule has 0 saturated carbocycles. The number of cyclic esters (lactones) is 3. The van der Waals surface area contributed by atoms with Gasteiger partial charge in [-0.1, -0.05) is 123 Å². The summed E-state index contributed by atoms with van der Waals surface area (Å²) in [6, 6.07) is 9.82. The van der Waals surface area contributed by atoms with Gasteiger partial charge in [0.2, 0.25) is 0 Å². The average molecular weight is 1900 g/mol. The number of anilines is 3. The van der Waals surface area contributed by atoms with E-state index in [-0.39, 0.29) is 101 Å². The van der Waals surface area contributed by atoms with Gasteiger partial charge in [0.25, 0.3) is 16.6 Å². The number of aromatic hydroxyl groups is 1. The number of ether oxygens (including phenoxy) is 13. The van der Waals surface area contributed by atoms with E-state index < -0.39 is 173 Å². The third kappa shape index (κ3) is 30.8. The highest BCUT2D eigenvalue weighted by Gasteiger charge is 2.49. The smallest absolute Gasteiger partial charge is 0.414 e. The Kier molecular flexibility index (Phi) is 36.2. The summed E-state index contributed by atoms with van der Waals surface area (Å²) in [6.07, 6.45) is 9.08. The Morgan fingerprint density at radius 3 is 1.32 bits per heavy atom. The summed E-state index contributed by atoms with van der Waals surface area (Å²) in [5.74, 6) is -6.88. The summed E-state index contributed by atoms with van der Waals surface area (Å²) in [5, 5.41) is 62.6. The van der Waals surface area contributed by atoms with Gasteiger partial charge in [-0.15, -0.1) is 0 Å². The molecule has 31 nitrogen and oxygen atoms in total. The fraction of sp³-hybridized carbons (Fsp3) is 0.630. The van der Waals surface area contributed by atoms with Gasteiger partial charge in [0.05, 0.1) is 68.7 Å². The second kappa shape index (κ2) is 43.9. The van der Waals surface area contributed by atoms with Crippen LogP contribution in [0.4, 0.5) is 26.7 Å². The van der Waals surface area contributed by atoms with E-state index in [1.807, 2.05) is 107 Å². The van der Waals surface area contributed by atoms with Crippen LogP contribution in [0.15, 0.2) is 91.1 Å². The third-order valence-electron chi connectivity index (χ3n) is 24.4. The van der Waals surface area contributed by atoms with Gasteiger partial charge in [-0.25, -0.2) is 24.0 Å². The van der Waals surface area contributed by atoms with Crippen molar-refractivity contribution in [2.45, 2.75) is 349 Å². The fourth-order valence-corrected chi connectivity index (χ4v) is 16.5. The van der Waals surface area contributed by atoms with Crippen LogP contribution < -0.4 is 24.0 Å². The van der Waals surface area contributed by atoms with Crippen LogP contribution in [0.5, 0.6) is 17.2 Å². The lowest BCUT2D eigenvalue weighted by Gasteiger charge is -2.37. The molecule has 0 aliphatic carbocycles. The second-order valence-corrected chi connectivity index (χ2v) is 51.7. The molecular weight excluding hydrogens is 1750 g/mol. The molecule has 4 fully saturated rings. The Morgan fingerprint density at radius 1 is 0.496 bits per heavy atom. The number of hydrogen-bond acceptors (Lipinski definition) is 29. The van der Waals surface area contributed by atoms with E-state index in [1.165, 1.54) is 46.2 Å². The van der Waals surface area contributed by atoms with Gasteiger partial charge in [-0.2, -0.15) is 0 Å². The average Bonchev–Trinajstić information content (AvgIpc) is 1.49. The Morgan fingerprint density at radius 2 is 0.895 bits per heavy atom. The third-order valence-corrected chi connectivity index (χ3v) is 33.1. The van der Waals surface area contributed by atoms with Crippen molar-refractivity contribution in [2.24, 2.45) is 17.8 Å². The van der Waals surface area contributed by atoms with Gasteiger partial charge in [0.1, 0.15) is 100 Å². The van der Waals surface area contributed by atoms with E-state index in [9.17, 15) is 59.1 Å². The molecule has 133 heavy (non-hydrogen) atoms. The molecule has 3 aromatic carbocycles. The number of benzene rings is 3. The molecule has 10 rings (SSSR count). The van der Waals surface area contributed by atoms with Crippen molar-refractivity contribution in [3.63, 3.8) is 0 Å². The minimum Gasteiger partial charge on any atom is -0.543 e. The van der Waals surface area contributed by atoms with Gasteiger partial charge in [-0.05, 0) is 220 Å². The molecule has 4 saturated heterocycles. The van der Waals surface area contributed by atoms with Crippen molar-refractivity contribution >= 4 is 93.6 Å². The van der Waals surface area contributed by atoms with E-state index in [1.54, 1.807) is 97.9 Å². The number of nitrogens with zero attached hydrogens (tertiary/aromatic N) is 2. The number of esters is 3. The summed E-state index contributed by atoms with van der Waals surface area (Å²) < 4.78 is 91.8. The number of aliphatic hydroxyl groups excluding tert-OH is 5. The van der Waals surface area contributed by atoms with Gasteiger partial charge in [0, 0.05) is 48.2 Å². The molecule has 3 aromatic rings. The minimum absolute atomic E-state index is 0.0107. The molecule has 740 valence electrons. The predicted molar refractivity (Wildman–Crippen MR) is 511 cm³/mol. The maximum absolute atomic E-state index is 14.3. The van der Waals surface area contributed by atoms with Crippen molar-refractivity contribution in [3.05, 3.63) is 124 Å². The number of amides is 2. The Labute approximate surface area is 787 Å². The molecular formula is C100H149N3O28Si2. The van der Waals surface area contributed by atoms with Crippen LogP contribution in [-0.4, -0.2) is 242 Å². The standard InChI is InChI=1S/C39H61NO10Si.C39H59NO10Si.C22H29NO8/c2*1-24-18-19-29(41)33-30(47-39(11,12)48-33)17-15-16-26-20-27(40(35(43)49-36(3,4)5)22-28-23-44-38(9,10)46-28)21-31(32(26)34(42)45-25(24)2)50-51(13,14)37(6,7)8;1-12-6-7-18(27)21(29)17(26)5-3-4-14-8-15(23-10-16(25)11-24)9-19(28)20(14)22(30)31-13(12)2/h15-16,18-21,24-25,28-30,33,41H,17,22-23H2,1-14H3;15-16,18-21,24-25,28,30,33H,17,22-23H2,1-14H3;3-4,6-9,12-13,16-17,21,23-26,28-29H,5,10-11H2,1-2H3/b2*16-15+,19-18-;4-3+,7-6-/t24-,25+,28?,29-,30+,33-;24-,25+,28?,30+,33-;12-,13+,16?,17+,21+/m111/s1. The zero-order chi connectivity index (χ0) is 99.8. The van der Waals surface area contributed by atoms with Crippen LogP contribution in [0.25, 0.3) is 18.2 Å². The first-order chi connectivity index (χ1) is 61.2. The van der Waals surface area contributed by atoms with Crippen LogP contribution in [0, 0.1) is 17.8 Å². The van der Waals surface area contributed by atoms with Crippen molar-refractivity contribution in [3.8, 4) is 17.2 Å². The first kappa shape index (κ1) is 110. The van der Waals surface area contributed by atoms with E-state index in [2.05, 4.69) is 73.0 Å². The Hall–Kier alpha value is -8.50. The topological polar surface area (TPSA) is 398 Å². The molecule has 2 amide bonds. The van der Waals surface area contributed by atoms with Crippen LogP contribution in [-0.2, 0) is 71.2 Å². The highest BCUT2D eigenvalue weighted by Crippen LogP contribution is 2.46. The SMILES string of the molecule is C[C@@H]1/C=C\C(=O)[C@@H](O)[C@@H](O)C/C=C/c2cc(NCC(O)CO)cc(O)c2C(=O)O[C@H]1C.C[C@@H]1/C=C\C(=O)[C@H]2OC(C)(C)O[C@H]2C/C=C/c2cc(N(CC3COC(C)(C)O3)C(=O)OC(C)(C)C)cc(O[Si](C)(C)C(C)(C)C)c2C(=O)O[C@H]1C.C[C@@H]1/C=C\[C@@H](O)[C@H]2OC(C)(C)O[C@H]2C/C=C/c2cc(N(CC3COC(C)(C)O3)C(=O)OC(C)(C)C)cc(O[Si](C)(C)C(C)(C)C)c2C(=O)O[C@H]1C. The predicted octanol–water partition coefficient (Wildman–Crippen LogP) is 16.8. The lowest BCUT2D eigenvalue weighted by Crippen LogP contribution is -2.44. The van der Waals surface area contributed by atoms with Crippen LogP contribution in [0.3, 0.4) is 0 Å². The van der Waals surface area contributed by atoms with Crippen LogP contribution in [0.2, 0.25) is 36.3 Å². The van der Waals surface area contributed by atoms with Crippen molar-refractivity contribution in [2.75, 3.05) is 54.6 Å². The fourth-order valence-electron chi connectivity index (χ4n) is 14.4. The number of phenols is 1. The first-order valence-corrected chi connectivity index (χ1v) is 51.8. The van der Waals surface area contributed by atoms with Gasteiger partial charge < -0.3 is 106 Å². The van der Waals surface area contributed by atoms with Crippen LogP contribution in [0.1, 0.15) is 247 Å². The van der Waals surface area contributed by atoms with Crippen molar-refractivity contribution in [1.29, 1.82) is 0 Å². The van der Waals surface area contributed by atoms with E-state index in [0.717, 1.165) is 6.08 Å². The number of fused-ring (bicyclic) bond motifs is 5. The first-order valence-electron chi connectivity index (χ1n) is 46.0. The molecule has 7 heterocycles. The summed E-state index contributed by atoms with van der Waals surface area (Å²) in [5.41, 5.74) is 1.36. The maximum Gasteiger partial charge on any atom is 0.414 e. The quantitative estimate of drug-likeness (QED) is 0.0341. The number of aliphatic hydroxyl groups is 5. The lowest BCUT2D eigenvalue weighted by atomic mass is 9.98. The Balaban J connectivity index is 0.000000254. The molecule has 33 heteroatoms. The number of nitrogens with one attached hydrogen (secondary N) is 1. The molecule has 0 aromatic heterocycles. The van der Waals surface area contributed by atoms with Gasteiger partial charge >= 0.3 is 30.1 Å². The largest absolute Gasteiger partial charge is 0.543 e. The number of hydrogen-bond donors (Lipinski definition) is 7. The van der Waals surface area contributed by atoms with Crippen LogP contribution >= 0.6 is 0 Å². The minimum atomic E-state index is -2.57. The molecule has 7 N–H and O–H groups in total. The highest BCUT2D eigenvalue weighted by molar-refractivity contribution is 6.75. The number of rotatable bonds is 14. The molecule has 0 spiro atoms. The molecule has 7 aliphatic rings. The van der Waals surface area contributed by atoms with E-state index >= 15 is 0 Å². The molecule has 3 unspecified atom stereocenters. The van der Waals surface area contributed by atoms with Gasteiger partial charge in [-0.3, -0.25) is 19.4 Å². The summed E-state index contributed by atoms with van der Waals surface area (Å²) >= 11 is 0. The highest BCUT2D eigenvalue weighted by atomic mass is 28.4. The zero-order valence-electron chi connectivity index (χ0n) is 83.6.